The van der Waals surface area contributed by atoms with Crippen LogP contribution in [-0.2, 0) is 15.0 Å². The number of piperazine rings is 1. The fraction of sp³-hybridized carbons (Fsp3) is 0.600. The van der Waals surface area contributed by atoms with Crippen molar-refractivity contribution in [3.05, 3.63) is 29.8 Å². The van der Waals surface area contributed by atoms with Crippen LogP contribution in [0.1, 0.15) is 33.3 Å². The largest absolute Gasteiger partial charge is 0.481 e. The topological polar surface area (TPSA) is 61.9 Å². The zero-order chi connectivity index (χ0) is 19.3. The molecule has 1 aliphatic heterocycles. The van der Waals surface area contributed by atoms with Gasteiger partial charge in [0.2, 0.25) is 5.91 Å². The summed E-state index contributed by atoms with van der Waals surface area (Å²) < 4.78 is 5.84. The first-order valence-electron chi connectivity index (χ1n) is 9.19. The molecule has 0 aliphatic carbocycles. The predicted molar refractivity (Wildman–Crippen MR) is 102 cm³/mol. The lowest BCUT2D eigenvalue weighted by molar-refractivity contribution is -0.139. The molecule has 0 unspecified atom stereocenters. The zero-order valence-corrected chi connectivity index (χ0v) is 16.5. The van der Waals surface area contributed by atoms with Crippen molar-refractivity contribution in [1.29, 1.82) is 0 Å². The molecule has 2 amide bonds. The fourth-order valence-electron chi connectivity index (χ4n) is 2.95. The third kappa shape index (κ3) is 5.46. The monoisotopic (exact) mass is 361 g/mol. The molecule has 2 rings (SSSR count). The van der Waals surface area contributed by atoms with Crippen LogP contribution in [0.2, 0.25) is 0 Å². The summed E-state index contributed by atoms with van der Waals surface area (Å²) in [6, 6.07) is 7.94. The van der Waals surface area contributed by atoms with Crippen molar-refractivity contribution in [2.24, 2.45) is 0 Å². The number of carbonyl (C=O) groups is 2. The average molecular weight is 361 g/mol. The molecule has 1 aromatic rings. The molecular weight excluding hydrogens is 330 g/mol. The molecule has 1 atom stereocenters. The molecule has 0 radical (unpaired) electrons. The van der Waals surface area contributed by atoms with E-state index >= 15 is 0 Å². The second kappa shape index (κ2) is 8.54. The van der Waals surface area contributed by atoms with Crippen LogP contribution in [0.5, 0.6) is 5.75 Å². The fourth-order valence-corrected chi connectivity index (χ4v) is 2.95. The van der Waals surface area contributed by atoms with E-state index in [1.54, 1.807) is 14.0 Å². The Hall–Kier alpha value is -2.08. The third-order valence-electron chi connectivity index (χ3n) is 4.71. The summed E-state index contributed by atoms with van der Waals surface area (Å²) in [6.07, 6.45) is -0.527. The Morgan fingerprint density at radius 1 is 1.12 bits per heavy atom. The van der Waals surface area contributed by atoms with Crippen LogP contribution in [0.25, 0.3) is 0 Å². The van der Waals surface area contributed by atoms with Gasteiger partial charge in [0.25, 0.3) is 5.91 Å². The van der Waals surface area contributed by atoms with Gasteiger partial charge in [-0.25, -0.2) is 0 Å². The van der Waals surface area contributed by atoms with Gasteiger partial charge < -0.3 is 15.0 Å². The van der Waals surface area contributed by atoms with Gasteiger partial charge in [-0.3, -0.25) is 14.5 Å². The van der Waals surface area contributed by atoms with E-state index in [2.05, 4.69) is 31.0 Å². The maximum Gasteiger partial charge on any atom is 0.263 e. The molecule has 1 aliphatic rings. The number of hydrogen-bond donors (Lipinski definition) is 1. The molecule has 1 heterocycles. The van der Waals surface area contributed by atoms with Gasteiger partial charge in [-0.1, -0.05) is 32.9 Å². The van der Waals surface area contributed by atoms with Crippen molar-refractivity contribution >= 4 is 11.8 Å². The van der Waals surface area contributed by atoms with Crippen LogP contribution in [0.4, 0.5) is 0 Å². The number of carbonyl (C=O) groups excluding carboxylic acids is 2. The summed E-state index contributed by atoms with van der Waals surface area (Å²) >= 11 is 0. The molecule has 144 valence electrons. The lowest BCUT2D eigenvalue weighted by Gasteiger charge is -2.35. The highest BCUT2D eigenvalue weighted by Crippen LogP contribution is 2.24. The second-order valence-corrected chi connectivity index (χ2v) is 7.81. The summed E-state index contributed by atoms with van der Waals surface area (Å²) in [5, 5.41) is 2.62. The Morgan fingerprint density at radius 2 is 1.69 bits per heavy atom. The van der Waals surface area contributed by atoms with Gasteiger partial charge in [0.05, 0.1) is 6.54 Å². The van der Waals surface area contributed by atoms with Crippen LogP contribution in [0.15, 0.2) is 24.3 Å². The van der Waals surface area contributed by atoms with Crippen molar-refractivity contribution < 1.29 is 14.3 Å². The van der Waals surface area contributed by atoms with Gasteiger partial charge in [0, 0.05) is 33.2 Å². The summed E-state index contributed by atoms with van der Waals surface area (Å²) in [7, 11) is 1.63. The minimum absolute atomic E-state index is 0.000168. The lowest BCUT2D eigenvalue weighted by Crippen LogP contribution is -2.53. The molecule has 0 bridgehead atoms. The Morgan fingerprint density at radius 3 is 2.19 bits per heavy atom. The van der Waals surface area contributed by atoms with Crippen molar-refractivity contribution in [3.8, 4) is 5.75 Å². The van der Waals surface area contributed by atoms with Crippen molar-refractivity contribution in [3.63, 3.8) is 0 Å². The lowest BCUT2D eigenvalue weighted by atomic mass is 9.87. The zero-order valence-electron chi connectivity index (χ0n) is 16.5. The Bertz CT molecular complexity index is 614. The quantitative estimate of drug-likeness (QED) is 0.866. The molecule has 1 aromatic carbocycles. The van der Waals surface area contributed by atoms with Crippen molar-refractivity contribution in [1.82, 2.24) is 15.1 Å². The Kier molecular flexibility index (Phi) is 6.64. The summed E-state index contributed by atoms with van der Waals surface area (Å²) in [5.74, 6) is 0.696. The van der Waals surface area contributed by atoms with Crippen LogP contribution in [0.3, 0.4) is 0 Å². The minimum Gasteiger partial charge on any atom is -0.481 e. The number of benzene rings is 1. The van der Waals surface area contributed by atoms with E-state index in [1.807, 2.05) is 29.2 Å². The van der Waals surface area contributed by atoms with Crippen molar-refractivity contribution in [2.45, 2.75) is 39.2 Å². The Labute approximate surface area is 156 Å². The highest BCUT2D eigenvalue weighted by Gasteiger charge is 2.26. The number of ether oxygens (including phenoxy) is 1. The highest BCUT2D eigenvalue weighted by atomic mass is 16.5. The van der Waals surface area contributed by atoms with Crippen LogP contribution >= 0.6 is 0 Å². The standard InChI is InChI=1S/C20H31N3O3/c1-15(26-17-8-6-16(7-9-17)20(2,3)4)19(25)23-12-10-22(11-13-23)14-18(24)21-5/h6-9,15H,10-14H2,1-5H3,(H,21,24)/t15-/m0/s1. The minimum atomic E-state index is -0.527. The van der Waals surface area contributed by atoms with E-state index in [-0.39, 0.29) is 17.2 Å². The first-order valence-corrected chi connectivity index (χ1v) is 9.19. The van der Waals surface area contributed by atoms with Crippen molar-refractivity contribution in [2.75, 3.05) is 39.8 Å². The van der Waals surface area contributed by atoms with E-state index in [1.165, 1.54) is 5.56 Å². The molecule has 0 spiro atoms. The molecule has 1 saturated heterocycles. The van der Waals surface area contributed by atoms with E-state index in [9.17, 15) is 9.59 Å². The maximum atomic E-state index is 12.6. The van der Waals surface area contributed by atoms with Gasteiger partial charge in [0.1, 0.15) is 5.75 Å². The number of hydrogen-bond acceptors (Lipinski definition) is 4. The van der Waals surface area contributed by atoms with Crippen LogP contribution in [-0.4, -0.2) is 67.5 Å². The van der Waals surface area contributed by atoms with E-state index in [0.717, 1.165) is 0 Å². The Balaban J connectivity index is 1.85. The van der Waals surface area contributed by atoms with Crippen LogP contribution in [0, 0.1) is 0 Å². The molecule has 0 aromatic heterocycles. The first kappa shape index (κ1) is 20.2. The smallest absolute Gasteiger partial charge is 0.263 e. The number of nitrogens with one attached hydrogen (secondary N) is 1. The van der Waals surface area contributed by atoms with Crippen LogP contribution < -0.4 is 10.1 Å². The molecular formula is C20H31N3O3. The molecule has 6 heteroatoms. The predicted octanol–water partition coefficient (Wildman–Crippen LogP) is 1.64. The number of rotatable bonds is 5. The van der Waals surface area contributed by atoms with E-state index in [4.69, 9.17) is 4.74 Å². The van der Waals surface area contributed by atoms with Gasteiger partial charge in [-0.05, 0) is 30.0 Å². The summed E-state index contributed by atoms with van der Waals surface area (Å²) in [6.45, 7) is 11.3. The number of likely N-dealkylation sites (N-methyl/N-ethyl adjacent to an activating group) is 1. The van der Waals surface area contributed by atoms with Gasteiger partial charge in [-0.2, -0.15) is 0 Å². The maximum absolute atomic E-state index is 12.6. The molecule has 1 N–H and O–H groups in total. The van der Waals surface area contributed by atoms with E-state index < -0.39 is 6.10 Å². The normalized spacial score (nSPS) is 16.9. The number of amides is 2. The molecule has 6 nitrogen and oxygen atoms in total. The number of nitrogens with zero attached hydrogens (tertiary/aromatic N) is 2. The third-order valence-corrected chi connectivity index (χ3v) is 4.71. The van der Waals surface area contributed by atoms with Gasteiger partial charge in [0.15, 0.2) is 6.10 Å². The molecule has 0 saturated carbocycles. The van der Waals surface area contributed by atoms with E-state index in [0.29, 0.717) is 38.5 Å². The SMILES string of the molecule is CNC(=O)CN1CCN(C(=O)[C@H](C)Oc2ccc(C(C)(C)C)cc2)CC1. The highest BCUT2D eigenvalue weighted by molar-refractivity contribution is 5.81. The molecule has 26 heavy (non-hydrogen) atoms. The summed E-state index contributed by atoms with van der Waals surface area (Å²) in [5.41, 5.74) is 1.32. The summed E-state index contributed by atoms with van der Waals surface area (Å²) in [4.78, 5) is 27.9. The second-order valence-electron chi connectivity index (χ2n) is 7.81. The van der Waals surface area contributed by atoms with Gasteiger partial charge >= 0.3 is 0 Å². The first-order chi connectivity index (χ1) is 12.2. The molecule has 1 fully saturated rings. The average Bonchev–Trinajstić information content (AvgIpc) is 2.61. The van der Waals surface area contributed by atoms with Gasteiger partial charge in [-0.15, -0.1) is 0 Å².